The summed E-state index contributed by atoms with van der Waals surface area (Å²) in [5.74, 6) is 1.99. The lowest BCUT2D eigenvalue weighted by Gasteiger charge is -2.13. The van der Waals surface area contributed by atoms with Crippen molar-refractivity contribution in [2.24, 2.45) is 10.9 Å². The van der Waals surface area contributed by atoms with Gasteiger partial charge in [0.1, 0.15) is 11.6 Å². The summed E-state index contributed by atoms with van der Waals surface area (Å²) in [5.41, 5.74) is 0.841. The molecule has 6 heteroatoms. The van der Waals surface area contributed by atoms with E-state index in [0.717, 1.165) is 24.5 Å². The summed E-state index contributed by atoms with van der Waals surface area (Å²) in [6, 6.07) is 6.50. The second-order valence-corrected chi connectivity index (χ2v) is 6.07. The summed E-state index contributed by atoms with van der Waals surface area (Å²) in [7, 11) is 0. The van der Waals surface area contributed by atoms with Crippen LogP contribution in [0.4, 0.5) is 4.39 Å². The monoisotopic (exact) mass is 331 g/mol. The lowest BCUT2D eigenvalue weighted by atomic mass is 10.2. The van der Waals surface area contributed by atoms with Crippen molar-refractivity contribution in [2.45, 2.75) is 40.4 Å². The first-order valence-corrected chi connectivity index (χ1v) is 8.35. The molecule has 0 spiro atoms. The second-order valence-electron chi connectivity index (χ2n) is 6.07. The lowest BCUT2D eigenvalue weighted by molar-refractivity contribution is 0.503. The van der Waals surface area contributed by atoms with Crippen molar-refractivity contribution in [2.75, 3.05) is 6.54 Å². The summed E-state index contributed by atoms with van der Waals surface area (Å²) in [6.07, 6.45) is 3.81. The molecule has 5 nitrogen and oxygen atoms in total. The number of rotatable bonds is 7. The normalized spacial score (nSPS) is 11.8. The van der Waals surface area contributed by atoms with Gasteiger partial charge in [-0.2, -0.15) is 0 Å². The first-order chi connectivity index (χ1) is 11.6. The van der Waals surface area contributed by atoms with E-state index in [1.807, 2.05) is 25.4 Å². The van der Waals surface area contributed by atoms with Gasteiger partial charge >= 0.3 is 0 Å². The molecule has 1 aromatic carbocycles. The van der Waals surface area contributed by atoms with Crippen LogP contribution in [0.25, 0.3) is 0 Å². The summed E-state index contributed by atoms with van der Waals surface area (Å²) in [6.45, 7) is 9.09. The third kappa shape index (κ3) is 5.68. The van der Waals surface area contributed by atoms with E-state index in [0.29, 0.717) is 25.0 Å². The molecule has 0 fully saturated rings. The SMILES string of the molecule is CCNC(=NCc1cccc(F)c1)NCc1nccn1CC(C)C. The van der Waals surface area contributed by atoms with Crippen molar-refractivity contribution in [1.82, 2.24) is 20.2 Å². The van der Waals surface area contributed by atoms with Crippen LogP contribution in [0, 0.1) is 11.7 Å². The van der Waals surface area contributed by atoms with E-state index >= 15 is 0 Å². The molecule has 0 bridgehead atoms. The van der Waals surface area contributed by atoms with Crippen molar-refractivity contribution < 1.29 is 4.39 Å². The highest BCUT2D eigenvalue weighted by Gasteiger charge is 2.06. The van der Waals surface area contributed by atoms with Crippen molar-refractivity contribution in [3.63, 3.8) is 0 Å². The van der Waals surface area contributed by atoms with E-state index in [-0.39, 0.29) is 5.82 Å². The van der Waals surface area contributed by atoms with Crippen molar-refractivity contribution in [3.05, 3.63) is 53.9 Å². The Bertz CT molecular complexity index is 663. The summed E-state index contributed by atoms with van der Waals surface area (Å²) < 4.78 is 15.4. The molecule has 0 saturated heterocycles. The average molecular weight is 331 g/mol. The zero-order valence-corrected chi connectivity index (χ0v) is 14.6. The van der Waals surface area contributed by atoms with Crippen molar-refractivity contribution in [3.8, 4) is 0 Å². The molecular weight excluding hydrogens is 305 g/mol. The maximum absolute atomic E-state index is 13.2. The molecule has 0 unspecified atom stereocenters. The van der Waals surface area contributed by atoms with Gasteiger partial charge in [-0.1, -0.05) is 26.0 Å². The number of nitrogens with zero attached hydrogens (tertiary/aromatic N) is 3. The number of guanidine groups is 1. The lowest BCUT2D eigenvalue weighted by Crippen LogP contribution is -2.37. The Balaban J connectivity index is 1.98. The molecule has 1 heterocycles. The van der Waals surface area contributed by atoms with E-state index in [9.17, 15) is 4.39 Å². The zero-order valence-electron chi connectivity index (χ0n) is 14.6. The number of hydrogen-bond acceptors (Lipinski definition) is 2. The van der Waals surface area contributed by atoms with Crippen LogP contribution in [-0.2, 0) is 19.6 Å². The molecule has 0 aliphatic carbocycles. The third-order valence-electron chi connectivity index (χ3n) is 3.43. The Morgan fingerprint density at radius 3 is 2.88 bits per heavy atom. The fourth-order valence-electron chi connectivity index (χ4n) is 2.38. The summed E-state index contributed by atoms with van der Waals surface area (Å²) in [4.78, 5) is 8.90. The number of aromatic nitrogens is 2. The van der Waals surface area contributed by atoms with Gasteiger partial charge in [0.25, 0.3) is 0 Å². The molecule has 0 atom stereocenters. The van der Waals surface area contributed by atoms with Gasteiger partial charge in [0.15, 0.2) is 5.96 Å². The molecule has 0 aliphatic rings. The van der Waals surface area contributed by atoms with Crippen LogP contribution >= 0.6 is 0 Å². The Hall–Kier alpha value is -2.37. The predicted molar refractivity (Wildman–Crippen MR) is 95.1 cm³/mol. The molecule has 2 rings (SSSR count). The Labute approximate surface area is 143 Å². The molecule has 2 aromatic rings. The molecule has 0 amide bonds. The predicted octanol–water partition coefficient (Wildman–Crippen LogP) is 2.93. The van der Waals surface area contributed by atoms with Gasteiger partial charge in [0.2, 0.25) is 0 Å². The van der Waals surface area contributed by atoms with Gasteiger partial charge in [-0.25, -0.2) is 14.4 Å². The second kappa shape index (κ2) is 9.05. The number of halogens is 1. The van der Waals surface area contributed by atoms with E-state index in [2.05, 4.69) is 39.0 Å². The van der Waals surface area contributed by atoms with E-state index in [1.165, 1.54) is 12.1 Å². The highest BCUT2D eigenvalue weighted by atomic mass is 19.1. The fraction of sp³-hybridized carbons (Fsp3) is 0.444. The van der Waals surface area contributed by atoms with Crippen LogP contribution in [0.3, 0.4) is 0 Å². The molecule has 0 saturated carbocycles. The molecule has 1 aromatic heterocycles. The smallest absolute Gasteiger partial charge is 0.191 e. The molecular formula is C18H26FN5. The maximum Gasteiger partial charge on any atom is 0.191 e. The molecule has 0 aliphatic heterocycles. The summed E-state index contributed by atoms with van der Waals surface area (Å²) >= 11 is 0. The van der Waals surface area contributed by atoms with Gasteiger partial charge in [-0.05, 0) is 30.5 Å². The highest BCUT2D eigenvalue weighted by molar-refractivity contribution is 5.79. The van der Waals surface area contributed by atoms with Crippen LogP contribution in [0.5, 0.6) is 0 Å². The topological polar surface area (TPSA) is 54.2 Å². The van der Waals surface area contributed by atoms with E-state index < -0.39 is 0 Å². The molecule has 0 radical (unpaired) electrons. The van der Waals surface area contributed by atoms with Crippen molar-refractivity contribution in [1.29, 1.82) is 0 Å². The van der Waals surface area contributed by atoms with Crippen LogP contribution in [-0.4, -0.2) is 22.1 Å². The Kier molecular flexibility index (Phi) is 6.78. The zero-order chi connectivity index (χ0) is 17.4. The largest absolute Gasteiger partial charge is 0.357 e. The summed E-state index contributed by atoms with van der Waals surface area (Å²) in [5, 5.41) is 6.48. The highest BCUT2D eigenvalue weighted by Crippen LogP contribution is 2.05. The van der Waals surface area contributed by atoms with Crippen LogP contribution in [0.15, 0.2) is 41.7 Å². The minimum absolute atomic E-state index is 0.239. The van der Waals surface area contributed by atoms with Crippen LogP contribution in [0.1, 0.15) is 32.2 Å². The van der Waals surface area contributed by atoms with Gasteiger partial charge in [0.05, 0.1) is 13.1 Å². The van der Waals surface area contributed by atoms with Crippen LogP contribution in [0.2, 0.25) is 0 Å². The van der Waals surface area contributed by atoms with E-state index in [4.69, 9.17) is 0 Å². The average Bonchev–Trinajstić information content (AvgIpc) is 2.96. The number of imidazole rings is 1. The van der Waals surface area contributed by atoms with Gasteiger partial charge < -0.3 is 15.2 Å². The molecule has 24 heavy (non-hydrogen) atoms. The minimum Gasteiger partial charge on any atom is -0.357 e. The van der Waals surface area contributed by atoms with Gasteiger partial charge in [-0.3, -0.25) is 0 Å². The molecule has 130 valence electrons. The number of benzene rings is 1. The fourth-order valence-corrected chi connectivity index (χ4v) is 2.38. The third-order valence-corrected chi connectivity index (χ3v) is 3.43. The molecule has 2 N–H and O–H groups in total. The van der Waals surface area contributed by atoms with Crippen molar-refractivity contribution >= 4 is 5.96 Å². The first-order valence-electron chi connectivity index (χ1n) is 8.35. The Morgan fingerprint density at radius 2 is 2.17 bits per heavy atom. The Morgan fingerprint density at radius 1 is 1.33 bits per heavy atom. The van der Waals surface area contributed by atoms with Gasteiger partial charge in [-0.15, -0.1) is 0 Å². The first kappa shape index (κ1) is 18.0. The number of hydrogen-bond donors (Lipinski definition) is 2. The van der Waals surface area contributed by atoms with E-state index in [1.54, 1.807) is 6.07 Å². The number of aliphatic imine (C=N–C) groups is 1. The number of nitrogens with one attached hydrogen (secondary N) is 2. The standard InChI is InChI=1S/C18H26FN5/c1-4-20-18(22-11-15-6-5-7-16(19)10-15)23-12-17-21-8-9-24(17)13-14(2)3/h5-10,14H,4,11-13H2,1-3H3,(H2,20,22,23). The maximum atomic E-state index is 13.2. The van der Waals surface area contributed by atoms with Crippen LogP contribution < -0.4 is 10.6 Å². The minimum atomic E-state index is -0.239. The van der Waals surface area contributed by atoms with Gasteiger partial charge in [0, 0.05) is 25.5 Å². The quantitative estimate of drug-likeness (QED) is 0.606.